The third kappa shape index (κ3) is 5.67. The Morgan fingerprint density at radius 3 is 2.72 bits per heavy atom. The first-order valence-corrected chi connectivity index (χ1v) is 6.31. The molecule has 0 saturated heterocycles. The lowest BCUT2D eigenvalue weighted by Gasteiger charge is -2.14. The van der Waals surface area contributed by atoms with Crippen LogP contribution in [0.5, 0.6) is 0 Å². The second-order valence-corrected chi connectivity index (χ2v) is 5.00. The number of aliphatic hydroxyl groups excluding tert-OH is 1. The second-order valence-electron chi connectivity index (χ2n) is 4.59. The molecule has 0 saturated carbocycles. The quantitative estimate of drug-likeness (QED) is 0.804. The molecule has 0 bridgehead atoms. The highest BCUT2D eigenvalue weighted by atomic mass is 35.5. The highest BCUT2D eigenvalue weighted by Crippen LogP contribution is 2.19. The summed E-state index contributed by atoms with van der Waals surface area (Å²) in [6.45, 7) is 5.33. The van der Waals surface area contributed by atoms with E-state index in [1.165, 1.54) is 12.1 Å². The van der Waals surface area contributed by atoms with Gasteiger partial charge in [-0.2, -0.15) is 0 Å². The topological polar surface area (TPSA) is 41.5 Å². The van der Waals surface area contributed by atoms with Crippen molar-refractivity contribution in [2.75, 3.05) is 25.1 Å². The molecule has 0 aliphatic heterocycles. The van der Waals surface area contributed by atoms with Crippen molar-refractivity contribution in [3.8, 4) is 0 Å². The van der Waals surface area contributed by atoms with E-state index in [-0.39, 0.29) is 11.6 Å². The summed E-state index contributed by atoms with van der Waals surface area (Å²) in [5.74, 6) is -0.0101. The van der Waals surface area contributed by atoms with E-state index in [0.717, 1.165) is 0 Å². The maximum absolute atomic E-state index is 12.9. The van der Waals surface area contributed by atoms with E-state index in [0.29, 0.717) is 24.8 Å². The molecule has 0 aromatic heterocycles. The molecule has 0 radical (unpaired) electrons. The SMILES string of the molecule is CC(C)COCC(O)CNc1ccc(F)c(Cl)c1. The Morgan fingerprint density at radius 1 is 1.39 bits per heavy atom. The van der Waals surface area contributed by atoms with Gasteiger partial charge in [-0.05, 0) is 24.1 Å². The minimum atomic E-state index is -0.604. The first kappa shape index (κ1) is 15.2. The number of nitrogens with one attached hydrogen (secondary N) is 1. The smallest absolute Gasteiger partial charge is 0.141 e. The highest BCUT2D eigenvalue weighted by molar-refractivity contribution is 6.31. The zero-order valence-corrected chi connectivity index (χ0v) is 11.4. The fourth-order valence-corrected chi connectivity index (χ4v) is 1.52. The minimum absolute atomic E-state index is 0.0607. The van der Waals surface area contributed by atoms with Crippen molar-refractivity contribution in [2.24, 2.45) is 5.92 Å². The summed E-state index contributed by atoms with van der Waals surface area (Å²) in [5.41, 5.74) is 0.671. The zero-order valence-electron chi connectivity index (χ0n) is 10.6. The van der Waals surface area contributed by atoms with Gasteiger partial charge in [-0.1, -0.05) is 25.4 Å². The molecule has 18 heavy (non-hydrogen) atoms. The number of ether oxygens (including phenoxy) is 1. The molecule has 0 aliphatic rings. The number of hydrogen-bond acceptors (Lipinski definition) is 3. The van der Waals surface area contributed by atoms with Crippen molar-refractivity contribution < 1.29 is 14.2 Å². The van der Waals surface area contributed by atoms with Crippen LogP contribution in [0.1, 0.15) is 13.8 Å². The molecule has 1 atom stereocenters. The number of benzene rings is 1. The molecule has 1 rings (SSSR count). The van der Waals surface area contributed by atoms with E-state index in [9.17, 15) is 9.50 Å². The number of anilines is 1. The Hall–Kier alpha value is -0.840. The van der Waals surface area contributed by atoms with Crippen LogP contribution in [0.2, 0.25) is 5.02 Å². The number of halogens is 2. The fourth-order valence-electron chi connectivity index (χ4n) is 1.34. The Kier molecular flexibility index (Phi) is 6.39. The monoisotopic (exact) mass is 275 g/mol. The molecule has 5 heteroatoms. The summed E-state index contributed by atoms with van der Waals surface area (Å²) in [5, 5.41) is 12.7. The molecule has 1 aromatic carbocycles. The third-order valence-corrected chi connectivity index (χ3v) is 2.51. The summed E-state index contributed by atoms with van der Waals surface area (Å²) in [4.78, 5) is 0. The van der Waals surface area contributed by atoms with Crippen LogP contribution >= 0.6 is 11.6 Å². The van der Waals surface area contributed by atoms with E-state index in [1.807, 2.05) is 13.8 Å². The standard InChI is InChI=1S/C13H19ClFNO2/c1-9(2)7-18-8-11(17)6-16-10-3-4-13(15)12(14)5-10/h3-5,9,11,16-17H,6-8H2,1-2H3. The van der Waals surface area contributed by atoms with Crippen molar-refractivity contribution in [3.05, 3.63) is 29.0 Å². The average molecular weight is 276 g/mol. The maximum Gasteiger partial charge on any atom is 0.141 e. The molecular formula is C13H19ClFNO2. The first-order chi connectivity index (χ1) is 8.49. The van der Waals surface area contributed by atoms with Crippen LogP contribution in [0.15, 0.2) is 18.2 Å². The van der Waals surface area contributed by atoms with E-state index >= 15 is 0 Å². The van der Waals surface area contributed by atoms with Crippen LogP contribution < -0.4 is 5.32 Å². The second kappa shape index (κ2) is 7.56. The third-order valence-electron chi connectivity index (χ3n) is 2.22. The summed E-state index contributed by atoms with van der Waals surface area (Å²) in [7, 11) is 0. The molecular weight excluding hydrogens is 257 g/mol. The molecule has 0 heterocycles. The molecule has 0 spiro atoms. The van der Waals surface area contributed by atoms with Gasteiger partial charge in [0.15, 0.2) is 0 Å². The van der Waals surface area contributed by atoms with Crippen LogP contribution in [0.25, 0.3) is 0 Å². The van der Waals surface area contributed by atoms with Crippen molar-refractivity contribution in [1.29, 1.82) is 0 Å². The summed E-state index contributed by atoms with van der Waals surface area (Å²) < 4.78 is 18.2. The molecule has 0 amide bonds. The molecule has 2 N–H and O–H groups in total. The van der Waals surface area contributed by atoms with E-state index < -0.39 is 11.9 Å². The molecule has 0 fully saturated rings. The van der Waals surface area contributed by atoms with E-state index in [4.69, 9.17) is 16.3 Å². The Morgan fingerprint density at radius 2 is 2.11 bits per heavy atom. The Labute approximate surface area is 112 Å². The fraction of sp³-hybridized carbons (Fsp3) is 0.538. The predicted octanol–water partition coefficient (Wildman–Crippen LogP) is 2.92. The zero-order chi connectivity index (χ0) is 13.5. The summed E-state index contributed by atoms with van der Waals surface area (Å²) >= 11 is 5.65. The van der Waals surface area contributed by atoms with Gasteiger partial charge in [0.1, 0.15) is 5.82 Å². The van der Waals surface area contributed by atoms with E-state index in [2.05, 4.69) is 5.32 Å². The molecule has 1 aromatic rings. The van der Waals surface area contributed by atoms with Gasteiger partial charge in [-0.25, -0.2) is 4.39 Å². The number of aliphatic hydroxyl groups is 1. The lowest BCUT2D eigenvalue weighted by atomic mass is 10.2. The van der Waals surface area contributed by atoms with Gasteiger partial charge in [0, 0.05) is 18.8 Å². The first-order valence-electron chi connectivity index (χ1n) is 5.93. The number of hydrogen-bond donors (Lipinski definition) is 2. The van der Waals surface area contributed by atoms with Gasteiger partial charge in [-0.3, -0.25) is 0 Å². The van der Waals surface area contributed by atoms with Gasteiger partial charge in [0.25, 0.3) is 0 Å². The molecule has 3 nitrogen and oxygen atoms in total. The maximum atomic E-state index is 12.9. The largest absolute Gasteiger partial charge is 0.389 e. The van der Waals surface area contributed by atoms with Gasteiger partial charge in [0.05, 0.1) is 17.7 Å². The van der Waals surface area contributed by atoms with Gasteiger partial charge in [0.2, 0.25) is 0 Å². The predicted molar refractivity (Wildman–Crippen MR) is 71.6 cm³/mol. The summed E-state index contributed by atoms with van der Waals surface area (Å²) in [6.07, 6.45) is -0.604. The minimum Gasteiger partial charge on any atom is -0.389 e. The van der Waals surface area contributed by atoms with Crippen LogP contribution in [0.4, 0.5) is 10.1 Å². The van der Waals surface area contributed by atoms with E-state index in [1.54, 1.807) is 6.07 Å². The van der Waals surface area contributed by atoms with Crippen molar-refractivity contribution in [2.45, 2.75) is 20.0 Å². The molecule has 102 valence electrons. The van der Waals surface area contributed by atoms with Crippen LogP contribution in [-0.2, 0) is 4.74 Å². The average Bonchev–Trinajstić information content (AvgIpc) is 2.30. The Balaban J connectivity index is 2.29. The van der Waals surface area contributed by atoms with Crippen molar-refractivity contribution >= 4 is 17.3 Å². The van der Waals surface area contributed by atoms with Gasteiger partial charge in [-0.15, -0.1) is 0 Å². The van der Waals surface area contributed by atoms with Crippen molar-refractivity contribution in [1.82, 2.24) is 0 Å². The molecule has 1 unspecified atom stereocenters. The van der Waals surface area contributed by atoms with Gasteiger partial charge >= 0.3 is 0 Å². The normalized spacial score (nSPS) is 12.8. The lowest BCUT2D eigenvalue weighted by Crippen LogP contribution is -2.25. The lowest BCUT2D eigenvalue weighted by molar-refractivity contribution is 0.0318. The Bertz CT molecular complexity index is 374. The van der Waals surface area contributed by atoms with Crippen molar-refractivity contribution in [3.63, 3.8) is 0 Å². The summed E-state index contributed by atoms with van der Waals surface area (Å²) in [6, 6.07) is 4.34. The van der Waals surface area contributed by atoms with Crippen LogP contribution in [0.3, 0.4) is 0 Å². The molecule has 0 aliphatic carbocycles. The van der Waals surface area contributed by atoms with Crippen LogP contribution in [0, 0.1) is 11.7 Å². The van der Waals surface area contributed by atoms with Crippen LogP contribution in [-0.4, -0.2) is 31.0 Å². The highest BCUT2D eigenvalue weighted by Gasteiger charge is 2.06. The number of rotatable bonds is 7. The van der Waals surface area contributed by atoms with Gasteiger partial charge < -0.3 is 15.2 Å².